The summed E-state index contributed by atoms with van der Waals surface area (Å²) in [5.41, 5.74) is 0.0608. The largest absolute Gasteiger partial charge is 0.493 e. The Hall–Kier alpha value is -3.48. The Balaban J connectivity index is 1.39. The fourth-order valence-corrected chi connectivity index (χ4v) is 7.23. The molecule has 2 saturated heterocycles. The molecule has 2 N–H and O–H groups in total. The van der Waals surface area contributed by atoms with E-state index in [4.69, 9.17) is 9.47 Å². The molecule has 13 heteroatoms. The van der Waals surface area contributed by atoms with E-state index in [2.05, 4.69) is 10.6 Å². The van der Waals surface area contributed by atoms with Crippen molar-refractivity contribution in [1.82, 2.24) is 25.3 Å². The van der Waals surface area contributed by atoms with Crippen LogP contribution in [-0.4, -0.2) is 107 Å². The number of likely N-dealkylation sites (N-methyl/N-ethyl adjacent to an activating group) is 1. The van der Waals surface area contributed by atoms with Gasteiger partial charge in [0.25, 0.3) is 5.92 Å². The van der Waals surface area contributed by atoms with Crippen LogP contribution in [0.25, 0.3) is 0 Å². The normalized spacial score (nSPS) is 25.8. The van der Waals surface area contributed by atoms with Crippen LogP contribution < -0.4 is 15.4 Å². The van der Waals surface area contributed by atoms with Gasteiger partial charge in [0.1, 0.15) is 29.5 Å². The van der Waals surface area contributed by atoms with Crippen molar-refractivity contribution in [3.8, 4) is 5.75 Å². The van der Waals surface area contributed by atoms with Crippen molar-refractivity contribution in [2.24, 2.45) is 5.92 Å². The number of para-hydroxylation sites is 1. The molecule has 260 valence electrons. The molecule has 5 rings (SSSR count). The van der Waals surface area contributed by atoms with Crippen LogP contribution in [0.3, 0.4) is 0 Å². The second-order valence-electron chi connectivity index (χ2n) is 14.5. The minimum Gasteiger partial charge on any atom is -0.493 e. The van der Waals surface area contributed by atoms with Crippen LogP contribution in [0, 0.1) is 5.92 Å². The Morgan fingerprint density at radius 3 is 2.47 bits per heavy atom. The van der Waals surface area contributed by atoms with Gasteiger partial charge in [-0.15, -0.1) is 0 Å². The van der Waals surface area contributed by atoms with Gasteiger partial charge >= 0.3 is 6.09 Å². The molecule has 3 heterocycles. The van der Waals surface area contributed by atoms with Crippen molar-refractivity contribution >= 4 is 23.8 Å². The first-order valence-corrected chi connectivity index (χ1v) is 16.8. The van der Waals surface area contributed by atoms with Gasteiger partial charge in [-0.3, -0.25) is 24.2 Å². The van der Waals surface area contributed by atoms with Gasteiger partial charge in [0, 0.05) is 44.6 Å². The molecular formula is C34H49F2N5O6. The third-order valence-corrected chi connectivity index (χ3v) is 9.86. The van der Waals surface area contributed by atoms with E-state index in [1.807, 2.05) is 24.3 Å². The highest BCUT2D eigenvalue weighted by molar-refractivity contribution is 5.94. The molecule has 0 spiro atoms. The number of hydrogen-bond donors (Lipinski definition) is 2. The van der Waals surface area contributed by atoms with E-state index in [1.54, 1.807) is 32.6 Å². The van der Waals surface area contributed by atoms with E-state index >= 15 is 0 Å². The minimum atomic E-state index is -2.93. The van der Waals surface area contributed by atoms with Crippen LogP contribution in [0.5, 0.6) is 5.75 Å². The van der Waals surface area contributed by atoms with Crippen LogP contribution in [0.2, 0.25) is 0 Å². The number of benzene rings is 1. The first kappa shape index (κ1) is 34.8. The van der Waals surface area contributed by atoms with Gasteiger partial charge in [-0.1, -0.05) is 37.5 Å². The first-order chi connectivity index (χ1) is 22.1. The number of rotatable bonds is 7. The summed E-state index contributed by atoms with van der Waals surface area (Å²) < 4.78 is 40.5. The third kappa shape index (κ3) is 8.16. The summed E-state index contributed by atoms with van der Waals surface area (Å²) in [5, 5.41) is 6.00. The standard InChI is InChI=1S/C34H49F2N5O6/c1-21(39(5)32(45)47-33(2,3)4)29(42)38-28(22-11-7-6-8-12-22)31(44)41-18-23-17-34(35,36)20-40(23)19-26(41)30(43)37-25-15-16-46-27-14-10-9-13-24(25)27/h9-10,13-14,21-23,25-26,28H,6-8,11-12,15-20H2,1-5H3,(H,37,43)(H,38,42)/t21-,23+,25+,26-,28-/m0/s1. The van der Waals surface area contributed by atoms with Gasteiger partial charge in [-0.2, -0.15) is 0 Å². The predicted molar refractivity (Wildman–Crippen MR) is 170 cm³/mol. The van der Waals surface area contributed by atoms with Gasteiger partial charge in [0.2, 0.25) is 17.7 Å². The zero-order valence-electron chi connectivity index (χ0n) is 28.1. The lowest BCUT2D eigenvalue weighted by molar-refractivity contribution is -0.150. The highest BCUT2D eigenvalue weighted by Crippen LogP contribution is 2.37. The molecule has 0 bridgehead atoms. The number of nitrogens with one attached hydrogen (secondary N) is 2. The number of carbonyl (C=O) groups is 4. The van der Waals surface area contributed by atoms with Crippen LogP contribution in [-0.2, 0) is 19.1 Å². The van der Waals surface area contributed by atoms with Gasteiger partial charge < -0.3 is 25.0 Å². The Morgan fingerprint density at radius 2 is 1.77 bits per heavy atom. The molecule has 4 aliphatic rings. The molecule has 0 aromatic heterocycles. The van der Waals surface area contributed by atoms with Gasteiger partial charge in [0.05, 0.1) is 19.2 Å². The molecule has 0 unspecified atom stereocenters. The average Bonchev–Trinajstić information content (AvgIpc) is 3.34. The lowest BCUT2D eigenvalue weighted by atomic mass is 9.82. The Kier molecular flexibility index (Phi) is 10.3. The molecule has 5 atom stereocenters. The van der Waals surface area contributed by atoms with Crippen molar-refractivity contribution in [3.05, 3.63) is 29.8 Å². The number of halogens is 2. The number of fused-ring (bicyclic) bond motifs is 2. The molecule has 3 fully saturated rings. The highest BCUT2D eigenvalue weighted by atomic mass is 19.3. The summed E-state index contributed by atoms with van der Waals surface area (Å²) in [7, 11) is 1.46. The summed E-state index contributed by atoms with van der Waals surface area (Å²) in [6.07, 6.45) is 3.62. The molecule has 1 aromatic carbocycles. The van der Waals surface area contributed by atoms with E-state index in [0.29, 0.717) is 31.6 Å². The van der Waals surface area contributed by atoms with Crippen molar-refractivity contribution in [2.75, 3.05) is 33.3 Å². The van der Waals surface area contributed by atoms with Crippen molar-refractivity contribution < 1.29 is 37.4 Å². The number of amides is 4. The van der Waals surface area contributed by atoms with E-state index < -0.39 is 72.5 Å². The molecule has 1 saturated carbocycles. The number of piperazine rings is 1. The van der Waals surface area contributed by atoms with E-state index in [9.17, 15) is 28.0 Å². The number of nitrogens with zero attached hydrogens (tertiary/aromatic N) is 3. The zero-order chi connectivity index (χ0) is 34.1. The first-order valence-electron chi connectivity index (χ1n) is 16.8. The van der Waals surface area contributed by atoms with Gasteiger partial charge in [-0.25, -0.2) is 13.6 Å². The highest BCUT2D eigenvalue weighted by Gasteiger charge is 2.52. The number of hydrogen-bond acceptors (Lipinski definition) is 7. The number of alkyl halides is 2. The summed E-state index contributed by atoms with van der Waals surface area (Å²) in [5.74, 6) is -3.88. The lowest BCUT2D eigenvalue weighted by Crippen LogP contribution is -2.66. The second kappa shape index (κ2) is 13.9. The van der Waals surface area contributed by atoms with E-state index in [0.717, 1.165) is 24.8 Å². The van der Waals surface area contributed by atoms with Crippen molar-refractivity contribution in [1.29, 1.82) is 0 Å². The number of ether oxygens (including phenoxy) is 2. The lowest BCUT2D eigenvalue weighted by Gasteiger charge is -2.45. The zero-order valence-corrected chi connectivity index (χ0v) is 28.1. The molecule has 3 aliphatic heterocycles. The Bertz CT molecular complexity index is 1330. The maximum Gasteiger partial charge on any atom is 0.410 e. The molecule has 1 aromatic rings. The van der Waals surface area contributed by atoms with Crippen LogP contribution in [0.1, 0.15) is 84.2 Å². The Labute approximate surface area is 275 Å². The Morgan fingerprint density at radius 1 is 1.06 bits per heavy atom. The van der Waals surface area contributed by atoms with E-state index in [-0.39, 0.29) is 25.0 Å². The minimum absolute atomic E-state index is 0.0359. The van der Waals surface area contributed by atoms with Gasteiger partial charge in [0.15, 0.2) is 0 Å². The van der Waals surface area contributed by atoms with Crippen LogP contribution >= 0.6 is 0 Å². The quantitative estimate of drug-likeness (QED) is 0.456. The average molecular weight is 662 g/mol. The fourth-order valence-electron chi connectivity index (χ4n) is 7.23. The molecule has 0 radical (unpaired) electrons. The summed E-state index contributed by atoms with van der Waals surface area (Å²) >= 11 is 0. The van der Waals surface area contributed by atoms with Crippen LogP contribution in [0.15, 0.2) is 24.3 Å². The van der Waals surface area contributed by atoms with Gasteiger partial charge in [-0.05, 0) is 52.5 Å². The summed E-state index contributed by atoms with van der Waals surface area (Å²) in [6, 6.07) is 3.48. The number of carbonyl (C=O) groups excluding carboxylic acids is 4. The SMILES string of the molecule is C[C@@H](C(=O)N[C@H](C(=O)N1C[C@H]2CC(F)(F)CN2C[C@H]1C(=O)N[C@@H]1CCOc2ccccc21)C1CCCCC1)N(C)C(=O)OC(C)(C)C. The maximum atomic E-state index is 14.6. The summed E-state index contributed by atoms with van der Waals surface area (Å²) in [4.78, 5) is 59.2. The second-order valence-corrected chi connectivity index (χ2v) is 14.5. The topological polar surface area (TPSA) is 121 Å². The monoisotopic (exact) mass is 661 g/mol. The molecular weight excluding hydrogens is 612 g/mol. The maximum absolute atomic E-state index is 14.6. The van der Waals surface area contributed by atoms with Crippen LogP contribution in [0.4, 0.5) is 13.6 Å². The molecule has 47 heavy (non-hydrogen) atoms. The van der Waals surface area contributed by atoms with E-state index in [1.165, 1.54) is 16.8 Å². The third-order valence-electron chi connectivity index (χ3n) is 9.86. The molecule has 4 amide bonds. The van der Waals surface area contributed by atoms with Crippen molar-refractivity contribution in [2.45, 2.75) is 114 Å². The smallest absolute Gasteiger partial charge is 0.410 e. The molecule has 1 aliphatic carbocycles. The molecule has 11 nitrogen and oxygen atoms in total. The fraction of sp³-hybridized carbons (Fsp3) is 0.706. The van der Waals surface area contributed by atoms with Crippen molar-refractivity contribution in [3.63, 3.8) is 0 Å². The predicted octanol–water partition coefficient (Wildman–Crippen LogP) is 3.87. The summed E-state index contributed by atoms with van der Waals surface area (Å²) in [6.45, 7) is 6.60.